The second kappa shape index (κ2) is 9.62. The van der Waals surface area contributed by atoms with E-state index in [-0.39, 0.29) is 0 Å². The predicted octanol–water partition coefficient (Wildman–Crippen LogP) is 10.6. The largest absolute Gasteiger partial charge is 0.309 e. The number of fused-ring (bicyclic) bond motifs is 11. The Kier molecular flexibility index (Phi) is 5.25. The molecule has 10 rings (SSSR count). The van der Waals surface area contributed by atoms with Crippen LogP contribution < -0.4 is 0 Å². The molecule has 0 atom stereocenters. The number of hydrogen-bond acceptors (Lipinski definition) is 2. The molecule has 6 aromatic carbocycles. The van der Waals surface area contributed by atoms with Crippen LogP contribution in [0.25, 0.3) is 88.4 Å². The van der Waals surface area contributed by atoms with Crippen LogP contribution in [0.5, 0.6) is 0 Å². The minimum atomic E-state index is 0.658. The van der Waals surface area contributed by atoms with Gasteiger partial charge in [0.15, 0.2) is 0 Å². The third kappa shape index (κ3) is 3.61. The summed E-state index contributed by atoms with van der Waals surface area (Å²) in [5.41, 5.74) is 9.68. The first-order chi connectivity index (χ1) is 22.8. The number of rotatable bonds is 3. The molecule has 0 saturated heterocycles. The average molecular weight is 587 g/mol. The van der Waals surface area contributed by atoms with Crippen molar-refractivity contribution in [1.82, 2.24) is 18.9 Å². The summed E-state index contributed by atoms with van der Waals surface area (Å²) in [7, 11) is 0. The fourth-order valence-electron chi connectivity index (χ4n) is 7.23. The smallest absolute Gasteiger partial charge is 0.235 e. The monoisotopic (exact) mass is 586 g/mol. The number of benzene rings is 6. The van der Waals surface area contributed by atoms with Crippen LogP contribution in [0.1, 0.15) is 0 Å². The van der Waals surface area contributed by atoms with Crippen LogP contribution in [-0.2, 0) is 0 Å². The van der Waals surface area contributed by atoms with E-state index in [1.807, 2.05) is 12.1 Å². The molecule has 0 N–H and O–H groups in total. The first kappa shape index (κ1) is 25.1. The molecule has 0 bridgehead atoms. The van der Waals surface area contributed by atoms with Gasteiger partial charge in [0.05, 0.1) is 39.0 Å². The van der Waals surface area contributed by atoms with E-state index in [0.717, 1.165) is 33.5 Å². The Bertz CT molecular complexity index is 2730. The van der Waals surface area contributed by atoms with Crippen molar-refractivity contribution in [3.63, 3.8) is 0 Å². The van der Waals surface area contributed by atoms with Gasteiger partial charge < -0.3 is 4.40 Å². The Labute approximate surface area is 264 Å². The fourth-order valence-corrected chi connectivity index (χ4v) is 7.23. The van der Waals surface area contributed by atoms with Crippen LogP contribution in [0.4, 0.5) is 0 Å². The zero-order valence-corrected chi connectivity index (χ0v) is 24.8. The van der Waals surface area contributed by atoms with E-state index in [2.05, 4.69) is 155 Å². The first-order valence-electron chi connectivity index (χ1n) is 15.6. The average Bonchev–Trinajstić information content (AvgIpc) is 3.67. The van der Waals surface area contributed by atoms with Crippen LogP contribution in [0.3, 0.4) is 0 Å². The van der Waals surface area contributed by atoms with Crippen molar-refractivity contribution in [3.8, 4) is 28.5 Å². The third-order valence-corrected chi connectivity index (χ3v) is 9.29. The molecule has 4 aromatic heterocycles. The lowest BCUT2D eigenvalue weighted by atomic mass is 10.1. The van der Waals surface area contributed by atoms with Crippen LogP contribution in [-0.4, -0.2) is 18.9 Å². The van der Waals surface area contributed by atoms with Gasteiger partial charge in [0, 0.05) is 38.1 Å². The Morgan fingerprint density at radius 3 is 1.50 bits per heavy atom. The van der Waals surface area contributed by atoms with Gasteiger partial charge >= 0.3 is 0 Å². The maximum Gasteiger partial charge on any atom is 0.235 e. The van der Waals surface area contributed by atoms with Gasteiger partial charge in [-0.05, 0) is 41.8 Å². The summed E-state index contributed by atoms with van der Waals surface area (Å²) >= 11 is 0. The predicted molar refractivity (Wildman–Crippen MR) is 191 cm³/mol. The third-order valence-electron chi connectivity index (χ3n) is 9.29. The van der Waals surface area contributed by atoms with Gasteiger partial charge in [0.1, 0.15) is 0 Å². The molecule has 4 nitrogen and oxygen atoms in total. The molecule has 214 valence electrons. The van der Waals surface area contributed by atoms with Crippen molar-refractivity contribution >= 4 is 59.9 Å². The molecule has 0 radical (unpaired) electrons. The topological polar surface area (TPSA) is 35.1 Å². The Morgan fingerprint density at radius 2 is 0.848 bits per heavy atom. The zero-order chi connectivity index (χ0) is 30.2. The highest BCUT2D eigenvalue weighted by Crippen LogP contribution is 2.39. The minimum Gasteiger partial charge on any atom is -0.309 e. The van der Waals surface area contributed by atoms with E-state index in [9.17, 15) is 0 Å². The van der Waals surface area contributed by atoms with Gasteiger partial charge in [0.25, 0.3) is 0 Å². The number of pyridine rings is 1. The summed E-state index contributed by atoms with van der Waals surface area (Å²) in [5.74, 6) is 0.658. The second-order valence-corrected chi connectivity index (χ2v) is 11.9. The van der Waals surface area contributed by atoms with Crippen LogP contribution in [0.15, 0.2) is 158 Å². The number of hydrogen-bond donors (Lipinski definition) is 0. The second-order valence-electron chi connectivity index (χ2n) is 11.9. The summed E-state index contributed by atoms with van der Waals surface area (Å²) in [5, 5.41) is 7.31. The normalized spacial score (nSPS) is 11.9. The van der Waals surface area contributed by atoms with Crippen LogP contribution in [0.2, 0.25) is 0 Å². The highest BCUT2D eigenvalue weighted by atomic mass is 15.2. The zero-order valence-electron chi connectivity index (χ0n) is 24.8. The molecule has 4 heteroatoms. The molecule has 0 aliphatic carbocycles. The number of para-hydroxylation sites is 2. The first-order valence-corrected chi connectivity index (χ1v) is 15.6. The van der Waals surface area contributed by atoms with Crippen molar-refractivity contribution in [2.45, 2.75) is 0 Å². The van der Waals surface area contributed by atoms with E-state index >= 15 is 0 Å². The van der Waals surface area contributed by atoms with Gasteiger partial charge in [0.2, 0.25) is 5.95 Å². The van der Waals surface area contributed by atoms with Crippen molar-refractivity contribution in [1.29, 1.82) is 0 Å². The van der Waals surface area contributed by atoms with E-state index in [1.54, 1.807) is 0 Å². The minimum absolute atomic E-state index is 0.658. The van der Waals surface area contributed by atoms with E-state index in [4.69, 9.17) is 9.97 Å². The Morgan fingerprint density at radius 1 is 0.348 bits per heavy atom. The molecule has 0 saturated carbocycles. The SMILES string of the molecule is c1ccc(-c2cc(-c3ccccc3)nc(-n3c4ccccc4c4cc5c(cc43)cc3c4ccccc4c4ccccc4n53)n2)cc1. The van der Waals surface area contributed by atoms with Gasteiger partial charge in [-0.15, -0.1) is 0 Å². The van der Waals surface area contributed by atoms with Gasteiger partial charge in [-0.2, -0.15) is 0 Å². The van der Waals surface area contributed by atoms with Crippen molar-refractivity contribution < 1.29 is 0 Å². The maximum absolute atomic E-state index is 5.22. The Hall–Kier alpha value is -6.26. The van der Waals surface area contributed by atoms with E-state index in [0.29, 0.717) is 5.95 Å². The number of aromatic nitrogens is 4. The van der Waals surface area contributed by atoms with E-state index < -0.39 is 0 Å². The molecule has 4 heterocycles. The summed E-state index contributed by atoms with van der Waals surface area (Å²) in [4.78, 5) is 10.4. The quantitative estimate of drug-likeness (QED) is 0.193. The standard InChI is InChI=1S/C42H26N4/c1-3-13-27(14-4-1)35-26-36(28-15-5-2-6-16-28)44-42(43-35)46-38-22-12-10-20-33(38)34-25-39-29(24-41(34)46)23-40-32-19-8-7-17-30(32)31-18-9-11-21-37(31)45(39)40/h1-26H. The number of nitrogens with zero attached hydrogens (tertiary/aromatic N) is 4. The molecule has 0 amide bonds. The van der Waals surface area contributed by atoms with Crippen LogP contribution in [0, 0.1) is 0 Å². The highest BCUT2D eigenvalue weighted by Gasteiger charge is 2.19. The molecule has 0 unspecified atom stereocenters. The van der Waals surface area contributed by atoms with Gasteiger partial charge in [-0.25, -0.2) is 9.97 Å². The molecule has 46 heavy (non-hydrogen) atoms. The summed E-state index contributed by atoms with van der Waals surface area (Å²) in [6.45, 7) is 0. The summed E-state index contributed by atoms with van der Waals surface area (Å²) < 4.78 is 4.67. The lowest BCUT2D eigenvalue weighted by Gasteiger charge is -2.12. The summed E-state index contributed by atoms with van der Waals surface area (Å²) in [6.07, 6.45) is 0. The van der Waals surface area contributed by atoms with Gasteiger partial charge in [-0.3, -0.25) is 4.57 Å². The lowest BCUT2D eigenvalue weighted by molar-refractivity contribution is 0.996. The Balaban J connectivity index is 1.33. The molecule has 0 aliphatic rings. The van der Waals surface area contributed by atoms with Crippen molar-refractivity contribution in [2.75, 3.05) is 0 Å². The van der Waals surface area contributed by atoms with E-state index in [1.165, 1.54) is 48.9 Å². The van der Waals surface area contributed by atoms with Gasteiger partial charge in [-0.1, -0.05) is 121 Å². The lowest BCUT2D eigenvalue weighted by Crippen LogP contribution is -2.04. The van der Waals surface area contributed by atoms with Crippen molar-refractivity contribution in [2.24, 2.45) is 0 Å². The van der Waals surface area contributed by atoms with Crippen LogP contribution >= 0.6 is 0 Å². The highest BCUT2D eigenvalue weighted by molar-refractivity contribution is 6.18. The summed E-state index contributed by atoms with van der Waals surface area (Å²) in [6, 6.07) is 55.9. The molecule has 0 fully saturated rings. The molecular weight excluding hydrogens is 560 g/mol. The van der Waals surface area contributed by atoms with Crippen molar-refractivity contribution in [3.05, 3.63) is 158 Å². The molecule has 0 aliphatic heterocycles. The fraction of sp³-hybridized carbons (Fsp3) is 0. The molecule has 10 aromatic rings. The molecular formula is C42H26N4. The maximum atomic E-state index is 5.22. The molecule has 0 spiro atoms.